The molecule has 180 valence electrons. The lowest BCUT2D eigenvalue weighted by Gasteiger charge is -2.41. The highest BCUT2D eigenvalue weighted by Crippen LogP contribution is 2.37. The van der Waals surface area contributed by atoms with Crippen molar-refractivity contribution < 1.29 is 23.8 Å². The molecule has 7 nitrogen and oxygen atoms in total. The Balaban J connectivity index is 1.30. The van der Waals surface area contributed by atoms with Crippen molar-refractivity contribution in [2.45, 2.75) is 30.9 Å². The summed E-state index contributed by atoms with van der Waals surface area (Å²) in [7, 11) is 3.11. The first-order valence-corrected chi connectivity index (χ1v) is 12.8. The van der Waals surface area contributed by atoms with Gasteiger partial charge in [-0.3, -0.25) is 9.69 Å². The number of carbonyl (C=O) groups is 1. The minimum absolute atomic E-state index is 0.211. The molecule has 34 heavy (non-hydrogen) atoms. The molecule has 0 bridgehead atoms. The van der Waals surface area contributed by atoms with Crippen molar-refractivity contribution in [1.82, 2.24) is 4.90 Å². The van der Waals surface area contributed by atoms with Crippen LogP contribution < -0.4 is 14.8 Å². The quantitative estimate of drug-likeness (QED) is 0.535. The van der Waals surface area contributed by atoms with E-state index in [0.717, 1.165) is 24.0 Å². The first kappa shape index (κ1) is 23.1. The zero-order chi connectivity index (χ0) is 23.7. The number of nitrogens with one attached hydrogen (secondary N) is 1. The molecule has 8 heteroatoms. The molecule has 0 aliphatic carbocycles. The van der Waals surface area contributed by atoms with Gasteiger partial charge in [0, 0.05) is 42.0 Å². The zero-order valence-corrected chi connectivity index (χ0v) is 20.3. The minimum atomic E-state index is -0.851. The molecule has 2 fully saturated rings. The van der Waals surface area contributed by atoms with E-state index in [4.69, 9.17) is 13.9 Å². The van der Waals surface area contributed by atoms with Gasteiger partial charge in [-0.15, -0.1) is 0 Å². The maximum atomic E-state index is 12.8. The first-order chi connectivity index (χ1) is 16.5. The SMILES string of the molecule is COc1ccc(NC(=O)c2cc3cc(C4(O)CCN([C@H]5CCSC5)CC4)ccc3o2)cc1OC. The average Bonchev–Trinajstić information content (AvgIpc) is 3.54. The summed E-state index contributed by atoms with van der Waals surface area (Å²) in [5.74, 6) is 3.41. The molecule has 0 saturated carbocycles. The van der Waals surface area contributed by atoms with Crippen LogP contribution in [-0.4, -0.2) is 60.8 Å². The normalized spacial score (nSPS) is 20.4. The molecule has 2 aromatic carbocycles. The number of fused-ring (bicyclic) bond motifs is 1. The number of piperidine rings is 1. The lowest BCUT2D eigenvalue weighted by molar-refractivity contribution is -0.0332. The Labute approximate surface area is 203 Å². The van der Waals surface area contributed by atoms with E-state index < -0.39 is 5.60 Å². The second-order valence-electron chi connectivity index (χ2n) is 8.97. The predicted octanol–water partition coefficient (Wildman–Crippen LogP) is 4.49. The van der Waals surface area contributed by atoms with Crippen molar-refractivity contribution in [3.05, 3.63) is 53.8 Å². The lowest BCUT2D eigenvalue weighted by atomic mass is 9.83. The molecule has 2 aliphatic rings. The van der Waals surface area contributed by atoms with Crippen LogP contribution in [0.3, 0.4) is 0 Å². The zero-order valence-electron chi connectivity index (χ0n) is 19.5. The van der Waals surface area contributed by atoms with Crippen LogP contribution in [-0.2, 0) is 5.60 Å². The summed E-state index contributed by atoms with van der Waals surface area (Å²) in [4.78, 5) is 15.3. The molecule has 2 saturated heterocycles. The Morgan fingerprint density at radius 1 is 1.12 bits per heavy atom. The third-order valence-electron chi connectivity index (χ3n) is 6.97. The van der Waals surface area contributed by atoms with Crippen LogP contribution >= 0.6 is 11.8 Å². The topological polar surface area (TPSA) is 84.2 Å². The van der Waals surface area contributed by atoms with Gasteiger partial charge in [-0.1, -0.05) is 6.07 Å². The van der Waals surface area contributed by atoms with Gasteiger partial charge in [0.2, 0.25) is 0 Å². The number of carbonyl (C=O) groups excluding carboxylic acids is 1. The summed E-state index contributed by atoms with van der Waals surface area (Å²) in [5, 5.41) is 15.0. The second kappa shape index (κ2) is 9.52. The summed E-state index contributed by atoms with van der Waals surface area (Å²) in [5.41, 5.74) is 1.22. The number of ether oxygens (including phenoxy) is 2. The standard InChI is InChI=1S/C26H30N2O5S/c1-31-22-6-4-19(15-23(22)32-2)27-25(29)24-14-17-13-18(3-5-21(17)33-24)26(30)8-10-28(11-9-26)20-7-12-34-16-20/h3-6,13-15,20,30H,7-12,16H2,1-2H3,(H,27,29)/t20-/m0/s1. The summed E-state index contributed by atoms with van der Waals surface area (Å²) in [6.07, 6.45) is 2.67. The van der Waals surface area contributed by atoms with Crippen LogP contribution in [0.4, 0.5) is 5.69 Å². The molecule has 0 spiro atoms. The average molecular weight is 483 g/mol. The number of nitrogens with zero attached hydrogens (tertiary/aromatic N) is 1. The summed E-state index contributed by atoms with van der Waals surface area (Å²) in [6, 6.07) is 13.3. The van der Waals surface area contributed by atoms with Gasteiger partial charge in [0.1, 0.15) is 5.58 Å². The number of furan rings is 1. The number of amides is 1. The number of benzene rings is 2. The van der Waals surface area contributed by atoms with Gasteiger partial charge in [0.05, 0.1) is 19.8 Å². The first-order valence-electron chi connectivity index (χ1n) is 11.6. The Hall–Kier alpha value is -2.68. The van der Waals surface area contributed by atoms with E-state index >= 15 is 0 Å². The number of hydrogen-bond acceptors (Lipinski definition) is 7. The van der Waals surface area contributed by atoms with Gasteiger partial charge in [0.25, 0.3) is 5.91 Å². The summed E-state index contributed by atoms with van der Waals surface area (Å²) in [6.45, 7) is 1.81. The van der Waals surface area contributed by atoms with E-state index in [1.165, 1.54) is 17.9 Å². The van der Waals surface area contributed by atoms with E-state index in [0.29, 0.717) is 41.7 Å². The van der Waals surface area contributed by atoms with Gasteiger partial charge in [0.15, 0.2) is 17.3 Å². The molecule has 0 radical (unpaired) electrons. The molecule has 5 rings (SSSR count). The maximum Gasteiger partial charge on any atom is 0.291 e. The van der Waals surface area contributed by atoms with Gasteiger partial charge in [-0.2, -0.15) is 11.8 Å². The van der Waals surface area contributed by atoms with Crippen molar-refractivity contribution in [3.63, 3.8) is 0 Å². The lowest BCUT2D eigenvalue weighted by Crippen LogP contribution is -2.47. The van der Waals surface area contributed by atoms with Gasteiger partial charge < -0.3 is 24.3 Å². The third-order valence-corrected chi connectivity index (χ3v) is 8.11. The van der Waals surface area contributed by atoms with Crippen LogP contribution in [0.25, 0.3) is 11.0 Å². The fraction of sp³-hybridized carbons (Fsp3) is 0.423. The van der Waals surface area contributed by atoms with E-state index in [2.05, 4.69) is 10.2 Å². The van der Waals surface area contributed by atoms with E-state index in [9.17, 15) is 9.90 Å². The summed E-state index contributed by atoms with van der Waals surface area (Å²) >= 11 is 2.02. The van der Waals surface area contributed by atoms with Crippen molar-refractivity contribution in [1.29, 1.82) is 0 Å². The van der Waals surface area contributed by atoms with Crippen molar-refractivity contribution >= 4 is 34.3 Å². The number of anilines is 1. The van der Waals surface area contributed by atoms with Gasteiger partial charge in [-0.25, -0.2) is 0 Å². The molecule has 0 unspecified atom stereocenters. The predicted molar refractivity (Wildman–Crippen MR) is 134 cm³/mol. The molecular weight excluding hydrogens is 452 g/mol. The molecule has 3 aromatic rings. The monoisotopic (exact) mass is 482 g/mol. The molecule has 1 amide bonds. The van der Waals surface area contributed by atoms with Crippen molar-refractivity contribution in [2.24, 2.45) is 0 Å². The molecule has 1 aromatic heterocycles. The number of hydrogen-bond donors (Lipinski definition) is 2. The highest BCUT2D eigenvalue weighted by atomic mass is 32.2. The number of likely N-dealkylation sites (tertiary alicyclic amines) is 1. The van der Waals surface area contributed by atoms with E-state index in [1.54, 1.807) is 38.5 Å². The van der Waals surface area contributed by atoms with Crippen LogP contribution in [0.5, 0.6) is 11.5 Å². The largest absolute Gasteiger partial charge is 0.493 e. The van der Waals surface area contributed by atoms with Crippen LogP contribution in [0.1, 0.15) is 35.4 Å². The molecule has 2 aliphatic heterocycles. The number of aliphatic hydroxyl groups is 1. The van der Waals surface area contributed by atoms with E-state index in [1.807, 2.05) is 30.0 Å². The fourth-order valence-electron chi connectivity index (χ4n) is 4.91. The van der Waals surface area contributed by atoms with Crippen molar-refractivity contribution in [2.75, 3.05) is 44.1 Å². The highest BCUT2D eigenvalue weighted by molar-refractivity contribution is 7.99. The maximum absolute atomic E-state index is 12.8. The van der Waals surface area contributed by atoms with Crippen LogP contribution in [0.15, 0.2) is 46.9 Å². The molecule has 1 atom stereocenters. The smallest absolute Gasteiger partial charge is 0.291 e. The van der Waals surface area contributed by atoms with Crippen LogP contribution in [0, 0.1) is 0 Å². The number of thioether (sulfide) groups is 1. The molecule has 3 heterocycles. The molecule has 2 N–H and O–H groups in total. The molecular formula is C26H30N2O5S. The van der Waals surface area contributed by atoms with E-state index in [-0.39, 0.29) is 11.7 Å². The second-order valence-corrected chi connectivity index (χ2v) is 10.1. The van der Waals surface area contributed by atoms with Gasteiger partial charge in [-0.05, 0) is 60.9 Å². The summed E-state index contributed by atoms with van der Waals surface area (Å²) < 4.78 is 16.3. The Kier molecular flexibility index (Phi) is 6.46. The Bertz CT molecular complexity index is 1180. The fourth-order valence-corrected chi connectivity index (χ4v) is 6.16. The Morgan fingerprint density at radius 2 is 1.91 bits per heavy atom. The third kappa shape index (κ3) is 4.50. The number of methoxy groups -OCH3 is 2. The van der Waals surface area contributed by atoms with Gasteiger partial charge >= 0.3 is 0 Å². The minimum Gasteiger partial charge on any atom is -0.493 e. The number of rotatable bonds is 6. The Morgan fingerprint density at radius 3 is 2.62 bits per heavy atom. The van der Waals surface area contributed by atoms with Crippen LogP contribution in [0.2, 0.25) is 0 Å². The van der Waals surface area contributed by atoms with Crippen molar-refractivity contribution in [3.8, 4) is 11.5 Å². The highest BCUT2D eigenvalue weighted by Gasteiger charge is 2.37.